The van der Waals surface area contributed by atoms with Crippen LogP contribution in [0.1, 0.15) is 224 Å². The second-order valence-corrected chi connectivity index (χ2v) is 22.1. The number of unbranched alkanes of at least 4 members (excludes halogenated alkanes) is 24. The van der Waals surface area contributed by atoms with Gasteiger partial charge in [0, 0.05) is 55.8 Å². The van der Waals surface area contributed by atoms with Crippen LogP contribution in [-0.4, -0.2) is 76.4 Å². The smallest absolute Gasteiger partial charge is 0.461 e. The molecule has 0 spiro atoms. The number of rotatable bonds is 43. The summed E-state index contributed by atoms with van der Waals surface area (Å²) in [5, 5.41) is 2.61. The Hall–Kier alpha value is -4.17. The number of hydrogen-bond acceptors (Lipinski definition) is 8. The van der Waals surface area contributed by atoms with Gasteiger partial charge in [-0.15, -0.1) is 0 Å². The first kappa shape index (κ1) is 62.4. The molecule has 74 heavy (non-hydrogen) atoms. The number of aryl methyl sites for hydroxylation is 1. The molecule has 414 valence electrons. The van der Waals surface area contributed by atoms with Crippen LogP contribution in [-0.2, 0) is 43.9 Å². The van der Waals surface area contributed by atoms with Crippen molar-refractivity contribution in [3.63, 3.8) is 0 Å². The van der Waals surface area contributed by atoms with E-state index in [0.717, 1.165) is 53.1 Å². The SMILES string of the molecule is CCCCCCCCCCCCCCCC(=O)OCC(C)(COP(=O)(O)OCCNC(=O)CCc1ccc2n1[B-](F)(F)[N+]1=C(/C=C/c3ccccc3)C=CC1=C2)OC(=O)CCCCCCCCCCCCCCC. The van der Waals surface area contributed by atoms with Crippen molar-refractivity contribution in [1.29, 1.82) is 0 Å². The molecule has 0 radical (unpaired) electrons. The van der Waals surface area contributed by atoms with Gasteiger partial charge in [0.2, 0.25) is 5.91 Å². The summed E-state index contributed by atoms with van der Waals surface area (Å²) in [4.78, 5) is 49.4. The van der Waals surface area contributed by atoms with E-state index in [1.165, 1.54) is 122 Å². The molecule has 3 heterocycles. The minimum absolute atomic E-state index is 0.0197. The van der Waals surface area contributed by atoms with Gasteiger partial charge in [0.25, 0.3) is 0 Å². The zero-order chi connectivity index (χ0) is 53.3. The maximum atomic E-state index is 16.3. The molecule has 0 saturated carbocycles. The van der Waals surface area contributed by atoms with Gasteiger partial charge >= 0.3 is 26.7 Å². The monoisotopic (exact) mass is 1050 g/mol. The third kappa shape index (κ3) is 24.2. The Morgan fingerprint density at radius 2 is 1.20 bits per heavy atom. The van der Waals surface area contributed by atoms with Crippen LogP contribution in [0.2, 0.25) is 0 Å². The summed E-state index contributed by atoms with van der Waals surface area (Å²) in [6, 6.07) is 12.6. The van der Waals surface area contributed by atoms with Crippen LogP contribution in [0.3, 0.4) is 0 Å². The van der Waals surface area contributed by atoms with Gasteiger partial charge in [-0.2, -0.15) is 0 Å². The van der Waals surface area contributed by atoms with Gasteiger partial charge < -0.3 is 37.3 Å². The van der Waals surface area contributed by atoms with E-state index in [9.17, 15) is 23.8 Å². The Labute approximate surface area is 442 Å². The lowest BCUT2D eigenvalue weighted by molar-refractivity contribution is -0.360. The van der Waals surface area contributed by atoms with Gasteiger partial charge in [0.05, 0.1) is 6.61 Å². The van der Waals surface area contributed by atoms with Crippen LogP contribution in [0.5, 0.6) is 0 Å². The first-order valence-electron chi connectivity index (χ1n) is 28.5. The number of fused-ring (bicyclic) bond motifs is 2. The van der Waals surface area contributed by atoms with Crippen molar-refractivity contribution in [1.82, 2.24) is 9.79 Å². The van der Waals surface area contributed by atoms with Crippen LogP contribution in [0.15, 0.2) is 66.4 Å². The number of carbonyl (C=O) groups excluding carboxylic acids is 3. The van der Waals surface area contributed by atoms with E-state index in [0.29, 0.717) is 29.9 Å². The number of allylic oxidation sites excluding steroid dienone is 3. The third-order valence-electron chi connectivity index (χ3n) is 13.9. The Kier molecular flexibility index (Phi) is 29.7. The maximum absolute atomic E-state index is 16.3. The number of nitrogens with one attached hydrogen (secondary N) is 1. The molecule has 2 aliphatic heterocycles. The number of carbonyl (C=O) groups is 3. The molecule has 2 aliphatic rings. The average molecular weight is 1050 g/mol. The number of amides is 1. The number of hydrogen-bond donors (Lipinski definition) is 2. The summed E-state index contributed by atoms with van der Waals surface area (Å²) in [6.45, 7) is 0.145. The van der Waals surface area contributed by atoms with Crippen molar-refractivity contribution in [3.8, 4) is 0 Å². The van der Waals surface area contributed by atoms with Crippen molar-refractivity contribution < 1.29 is 55.5 Å². The Morgan fingerprint density at radius 1 is 0.676 bits per heavy atom. The molecule has 16 heteroatoms. The van der Waals surface area contributed by atoms with Crippen LogP contribution in [0.25, 0.3) is 12.2 Å². The molecule has 0 fully saturated rings. The van der Waals surface area contributed by atoms with Gasteiger partial charge in [0.1, 0.15) is 13.2 Å². The standard InChI is InChI=1S/C58H91BF2N3O9P/c1-4-6-8-10-12-14-16-18-20-22-24-26-31-35-56(66)70-48-58(3,73-57(67)36-32-27-25-23-21-19-17-15-13-11-9-7-5-2)49-72-74(68,69)71-46-45-62-55(65)44-43-52-40-42-54-47-53-41-39-51(63(53)59(60,61)64(52)54)38-37-50-33-29-28-30-34-50/h28-30,33-34,37-42,47H,4-27,31-32,35-36,43-46,48-49H2,1-3H3,(H,62,65)(H,68,69)/b38-37+. The fourth-order valence-electron chi connectivity index (χ4n) is 9.56. The maximum Gasteiger partial charge on any atom is 0.737 e. The summed E-state index contributed by atoms with van der Waals surface area (Å²) in [5.41, 5.74) is 0.664. The van der Waals surface area contributed by atoms with Gasteiger partial charge in [-0.1, -0.05) is 198 Å². The highest BCUT2D eigenvalue weighted by Crippen LogP contribution is 2.44. The molecule has 12 nitrogen and oxygen atoms in total. The lowest BCUT2D eigenvalue weighted by atomic mass is 9.90. The molecule has 0 aliphatic carbocycles. The summed E-state index contributed by atoms with van der Waals surface area (Å²) in [7, 11) is -4.74. The second-order valence-electron chi connectivity index (χ2n) is 20.6. The molecule has 1 aromatic carbocycles. The van der Waals surface area contributed by atoms with E-state index < -0.39 is 51.5 Å². The van der Waals surface area contributed by atoms with E-state index in [4.69, 9.17) is 18.5 Å². The molecule has 2 aromatic rings. The highest BCUT2D eigenvalue weighted by Gasteiger charge is 2.52. The third-order valence-corrected chi connectivity index (χ3v) is 14.8. The summed E-state index contributed by atoms with van der Waals surface area (Å²) >= 11 is 0. The Bertz CT molecular complexity index is 2150. The predicted molar refractivity (Wildman–Crippen MR) is 295 cm³/mol. The highest BCUT2D eigenvalue weighted by atomic mass is 31.2. The molecule has 2 unspecified atom stereocenters. The van der Waals surface area contributed by atoms with Gasteiger partial charge in [-0.05, 0) is 55.7 Å². The number of ether oxygens (including phenoxy) is 2. The van der Waals surface area contributed by atoms with Crippen molar-refractivity contribution in [2.75, 3.05) is 26.4 Å². The number of esters is 2. The van der Waals surface area contributed by atoms with E-state index in [1.54, 1.807) is 42.5 Å². The summed E-state index contributed by atoms with van der Waals surface area (Å²) < 4.78 is 69.4. The van der Waals surface area contributed by atoms with E-state index in [1.807, 2.05) is 30.3 Å². The number of phosphoric acid groups is 1. The lowest BCUT2D eigenvalue weighted by Crippen LogP contribution is -2.50. The molecular formula is C58H91BF2N3O9P. The topological polar surface area (TPSA) is 145 Å². The average Bonchev–Trinajstić information content (AvgIpc) is 4.01. The van der Waals surface area contributed by atoms with Crippen molar-refractivity contribution in [2.24, 2.45) is 0 Å². The molecule has 4 rings (SSSR count). The number of nitrogens with zero attached hydrogens (tertiary/aromatic N) is 2. The van der Waals surface area contributed by atoms with Crippen molar-refractivity contribution in [2.45, 2.75) is 219 Å². The molecule has 0 bridgehead atoms. The second kappa shape index (κ2) is 35.2. The lowest BCUT2D eigenvalue weighted by Gasteiger charge is -2.30. The zero-order valence-corrected chi connectivity index (χ0v) is 46.3. The van der Waals surface area contributed by atoms with E-state index in [-0.39, 0.29) is 44.5 Å². The zero-order valence-electron chi connectivity index (χ0n) is 45.4. The molecular weight excluding hydrogens is 962 g/mol. The van der Waals surface area contributed by atoms with E-state index >= 15 is 8.63 Å². The van der Waals surface area contributed by atoms with Gasteiger partial charge in [0.15, 0.2) is 17.0 Å². The summed E-state index contributed by atoms with van der Waals surface area (Å²) in [6.07, 6.45) is 39.2. The van der Waals surface area contributed by atoms with Crippen LogP contribution >= 0.6 is 7.82 Å². The Morgan fingerprint density at radius 3 is 1.76 bits per heavy atom. The Balaban J connectivity index is 1.19. The van der Waals surface area contributed by atoms with Gasteiger partial charge in [-0.3, -0.25) is 23.4 Å². The van der Waals surface area contributed by atoms with E-state index in [2.05, 4.69) is 19.2 Å². The fraction of sp³-hybridized carbons (Fsp3) is 0.655. The molecule has 2 N–H and O–H groups in total. The molecule has 1 aromatic heterocycles. The fourth-order valence-corrected chi connectivity index (χ4v) is 10.4. The van der Waals surface area contributed by atoms with Crippen LogP contribution < -0.4 is 5.32 Å². The quantitative estimate of drug-likeness (QED) is 0.0287. The molecule has 2 atom stereocenters. The largest absolute Gasteiger partial charge is 0.737 e. The summed E-state index contributed by atoms with van der Waals surface area (Å²) in [5.74, 6) is -1.45. The molecule has 0 saturated heterocycles. The van der Waals surface area contributed by atoms with Crippen LogP contribution in [0, 0.1) is 0 Å². The van der Waals surface area contributed by atoms with Gasteiger partial charge in [-0.25, -0.2) is 4.57 Å². The first-order chi connectivity index (χ1) is 35.8. The normalized spacial score (nSPS) is 15.4. The number of benzene rings is 1. The van der Waals surface area contributed by atoms with Crippen molar-refractivity contribution in [3.05, 3.63) is 83.3 Å². The number of aromatic nitrogens is 1. The number of halogens is 2. The number of phosphoric ester groups is 1. The predicted octanol–water partition coefficient (Wildman–Crippen LogP) is 14.8. The molecule has 1 amide bonds. The van der Waals surface area contributed by atoms with Crippen molar-refractivity contribution >= 4 is 50.5 Å². The first-order valence-corrected chi connectivity index (χ1v) is 30.0. The minimum atomic E-state index is -4.74. The highest BCUT2D eigenvalue weighted by molar-refractivity contribution is 7.47. The van der Waals surface area contributed by atoms with Crippen LogP contribution in [0.4, 0.5) is 8.63 Å². The minimum Gasteiger partial charge on any atom is -0.461 e.